The number of carbonyl (C=O) groups is 1. The molecule has 1 aromatic carbocycles. The van der Waals surface area contributed by atoms with Crippen LogP contribution < -0.4 is 14.8 Å². The molecule has 7 nitrogen and oxygen atoms in total. The van der Waals surface area contributed by atoms with E-state index in [2.05, 4.69) is 15.5 Å². The molecular formula is C19H25N3O4. The summed E-state index contributed by atoms with van der Waals surface area (Å²) in [6, 6.07) is 5.61. The first kappa shape index (κ1) is 18.3. The van der Waals surface area contributed by atoms with E-state index >= 15 is 0 Å². The van der Waals surface area contributed by atoms with E-state index in [9.17, 15) is 4.79 Å². The maximum absolute atomic E-state index is 12.1. The molecule has 1 amide bonds. The van der Waals surface area contributed by atoms with Crippen LogP contribution >= 0.6 is 0 Å². The SMILES string of the molecule is CCC(=O)Nc1c(-c2ccc(OC)c(OC)c2)n[nH]c1C1CCOCC1. The van der Waals surface area contributed by atoms with Crippen molar-refractivity contribution >= 4 is 11.6 Å². The largest absolute Gasteiger partial charge is 0.493 e. The number of carbonyl (C=O) groups excluding carboxylic acids is 1. The molecule has 0 unspecified atom stereocenters. The van der Waals surface area contributed by atoms with Gasteiger partial charge in [0.1, 0.15) is 5.69 Å². The van der Waals surface area contributed by atoms with Crippen LogP contribution in [-0.4, -0.2) is 43.5 Å². The highest BCUT2D eigenvalue weighted by molar-refractivity contribution is 5.95. The number of aromatic amines is 1. The van der Waals surface area contributed by atoms with E-state index in [1.165, 1.54) is 0 Å². The van der Waals surface area contributed by atoms with Crippen LogP contribution in [0.15, 0.2) is 18.2 Å². The van der Waals surface area contributed by atoms with Gasteiger partial charge in [0, 0.05) is 31.1 Å². The number of hydrogen-bond donors (Lipinski definition) is 2. The van der Waals surface area contributed by atoms with Gasteiger partial charge in [-0.15, -0.1) is 0 Å². The Balaban J connectivity index is 2.03. The molecule has 26 heavy (non-hydrogen) atoms. The molecule has 2 N–H and O–H groups in total. The van der Waals surface area contributed by atoms with Gasteiger partial charge in [0.15, 0.2) is 11.5 Å². The number of methoxy groups -OCH3 is 2. The van der Waals surface area contributed by atoms with Crippen molar-refractivity contribution in [2.75, 3.05) is 32.8 Å². The molecule has 1 aromatic heterocycles. The number of hydrogen-bond acceptors (Lipinski definition) is 5. The van der Waals surface area contributed by atoms with Crippen LogP contribution in [0.25, 0.3) is 11.3 Å². The average molecular weight is 359 g/mol. The molecule has 1 aliphatic rings. The summed E-state index contributed by atoms with van der Waals surface area (Å²) < 4.78 is 16.2. The lowest BCUT2D eigenvalue weighted by Gasteiger charge is -2.22. The van der Waals surface area contributed by atoms with Crippen molar-refractivity contribution < 1.29 is 19.0 Å². The van der Waals surface area contributed by atoms with Crippen LogP contribution in [0.4, 0.5) is 5.69 Å². The molecule has 0 spiro atoms. The van der Waals surface area contributed by atoms with Gasteiger partial charge in [-0.3, -0.25) is 9.89 Å². The molecule has 140 valence electrons. The maximum atomic E-state index is 12.1. The summed E-state index contributed by atoms with van der Waals surface area (Å²) >= 11 is 0. The molecule has 0 atom stereocenters. The third kappa shape index (κ3) is 3.67. The minimum Gasteiger partial charge on any atom is -0.493 e. The second-order valence-corrected chi connectivity index (χ2v) is 6.22. The van der Waals surface area contributed by atoms with E-state index in [1.54, 1.807) is 14.2 Å². The van der Waals surface area contributed by atoms with Crippen LogP contribution in [-0.2, 0) is 9.53 Å². The number of anilines is 1. The van der Waals surface area contributed by atoms with Gasteiger partial charge in [0.2, 0.25) is 5.91 Å². The van der Waals surface area contributed by atoms with Gasteiger partial charge in [-0.25, -0.2) is 0 Å². The van der Waals surface area contributed by atoms with Gasteiger partial charge in [0.05, 0.1) is 25.6 Å². The normalized spacial score (nSPS) is 14.9. The van der Waals surface area contributed by atoms with E-state index in [4.69, 9.17) is 14.2 Å². The maximum Gasteiger partial charge on any atom is 0.224 e. The number of benzene rings is 1. The molecule has 1 saturated heterocycles. The van der Waals surface area contributed by atoms with Crippen LogP contribution in [0.2, 0.25) is 0 Å². The molecule has 1 fully saturated rings. The fraction of sp³-hybridized carbons (Fsp3) is 0.474. The van der Waals surface area contributed by atoms with E-state index in [1.807, 2.05) is 25.1 Å². The first-order valence-electron chi connectivity index (χ1n) is 8.86. The van der Waals surface area contributed by atoms with Crippen LogP contribution in [0.5, 0.6) is 11.5 Å². The summed E-state index contributed by atoms with van der Waals surface area (Å²) in [6.45, 7) is 3.27. The smallest absolute Gasteiger partial charge is 0.224 e. The van der Waals surface area contributed by atoms with Gasteiger partial charge in [-0.2, -0.15) is 5.10 Å². The van der Waals surface area contributed by atoms with Gasteiger partial charge >= 0.3 is 0 Å². The lowest BCUT2D eigenvalue weighted by Crippen LogP contribution is -2.17. The Bertz CT molecular complexity index is 766. The number of aromatic nitrogens is 2. The quantitative estimate of drug-likeness (QED) is 0.826. The van der Waals surface area contributed by atoms with Crippen molar-refractivity contribution in [2.45, 2.75) is 32.1 Å². The molecule has 3 rings (SSSR count). The second-order valence-electron chi connectivity index (χ2n) is 6.22. The fourth-order valence-electron chi connectivity index (χ4n) is 3.18. The van der Waals surface area contributed by atoms with Crippen molar-refractivity contribution in [3.05, 3.63) is 23.9 Å². The summed E-state index contributed by atoms with van der Waals surface area (Å²) in [5, 5.41) is 10.7. The average Bonchev–Trinajstić information content (AvgIpc) is 3.11. The zero-order valence-corrected chi connectivity index (χ0v) is 15.4. The Morgan fingerprint density at radius 1 is 1.27 bits per heavy atom. The molecule has 7 heteroatoms. The zero-order valence-electron chi connectivity index (χ0n) is 15.4. The summed E-state index contributed by atoms with van der Waals surface area (Å²) in [5.41, 5.74) is 3.26. The summed E-state index contributed by atoms with van der Waals surface area (Å²) in [4.78, 5) is 12.1. The summed E-state index contributed by atoms with van der Waals surface area (Å²) in [7, 11) is 3.20. The van der Waals surface area contributed by atoms with Crippen molar-refractivity contribution in [3.63, 3.8) is 0 Å². The van der Waals surface area contributed by atoms with E-state index in [0.717, 1.165) is 43.0 Å². The van der Waals surface area contributed by atoms with Gasteiger partial charge in [-0.05, 0) is 31.0 Å². The van der Waals surface area contributed by atoms with Gasteiger partial charge < -0.3 is 19.5 Å². The first-order valence-corrected chi connectivity index (χ1v) is 8.86. The molecule has 2 heterocycles. The summed E-state index contributed by atoms with van der Waals surface area (Å²) in [6.07, 6.45) is 2.22. The highest BCUT2D eigenvalue weighted by Crippen LogP contribution is 2.39. The van der Waals surface area contributed by atoms with Gasteiger partial charge in [0.25, 0.3) is 0 Å². The minimum atomic E-state index is -0.0403. The van der Waals surface area contributed by atoms with Crippen molar-refractivity contribution in [3.8, 4) is 22.8 Å². The number of nitrogens with zero attached hydrogens (tertiary/aromatic N) is 1. The molecule has 0 radical (unpaired) electrons. The topological polar surface area (TPSA) is 85.5 Å². The molecule has 0 saturated carbocycles. The Morgan fingerprint density at radius 2 is 2.00 bits per heavy atom. The van der Waals surface area contributed by atoms with Crippen molar-refractivity contribution in [1.82, 2.24) is 10.2 Å². The lowest BCUT2D eigenvalue weighted by molar-refractivity contribution is -0.115. The minimum absolute atomic E-state index is 0.0403. The predicted molar refractivity (Wildman–Crippen MR) is 98.8 cm³/mol. The van der Waals surface area contributed by atoms with Gasteiger partial charge in [-0.1, -0.05) is 6.92 Å². The second kappa shape index (κ2) is 8.23. The number of nitrogens with one attached hydrogen (secondary N) is 2. The Labute approximate surface area is 153 Å². The molecule has 1 aliphatic heterocycles. The number of H-pyrrole nitrogens is 1. The number of ether oxygens (including phenoxy) is 3. The third-order valence-corrected chi connectivity index (χ3v) is 4.67. The standard InChI is InChI=1S/C19H25N3O4/c1-4-16(23)20-19-17(12-7-9-26-10-8-12)21-22-18(19)13-5-6-14(24-2)15(11-13)25-3/h5-6,11-12H,4,7-10H2,1-3H3,(H,20,23)(H,21,22). The fourth-order valence-corrected chi connectivity index (χ4v) is 3.18. The highest BCUT2D eigenvalue weighted by Gasteiger charge is 2.25. The number of amides is 1. The van der Waals surface area contributed by atoms with Crippen molar-refractivity contribution in [2.24, 2.45) is 0 Å². The van der Waals surface area contributed by atoms with E-state index in [0.29, 0.717) is 23.6 Å². The van der Waals surface area contributed by atoms with Crippen LogP contribution in [0.1, 0.15) is 37.8 Å². The molecule has 0 aliphatic carbocycles. The molecule has 2 aromatic rings. The predicted octanol–water partition coefficient (Wildman–Crippen LogP) is 3.34. The Hall–Kier alpha value is -2.54. The molecular weight excluding hydrogens is 334 g/mol. The lowest BCUT2D eigenvalue weighted by atomic mass is 9.94. The van der Waals surface area contributed by atoms with Crippen LogP contribution in [0.3, 0.4) is 0 Å². The van der Waals surface area contributed by atoms with E-state index in [-0.39, 0.29) is 11.8 Å². The highest BCUT2D eigenvalue weighted by atomic mass is 16.5. The zero-order chi connectivity index (χ0) is 18.5. The molecule has 0 bridgehead atoms. The van der Waals surface area contributed by atoms with Crippen molar-refractivity contribution in [1.29, 1.82) is 0 Å². The van der Waals surface area contributed by atoms with E-state index < -0.39 is 0 Å². The number of rotatable bonds is 6. The third-order valence-electron chi connectivity index (χ3n) is 4.67. The first-order chi connectivity index (χ1) is 12.7. The Morgan fingerprint density at radius 3 is 2.65 bits per heavy atom. The Kier molecular flexibility index (Phi) is 5.78. The monoisotopic (exact) mass is 359 g/mol. The van der Waals surface area contributed by atoms with Crippen LogP contribution in [0, 0.1) is 0 Å². The summed E-state index contributed by atoms with van der Waals surface area (Å²) in [5.74, 6) is 1.52.